The minimum atomic E-state index is -2.01. The third-order valence-corrected chi connectivity index (χ3v) is 11.6. The van der Waals surface area contributed by atoms with Crippen LogP contribution >= 0.6 is 0 Å². The van der Waals surface area contributed by atoms with Crippen LogP contribution in [-0.2, 0) is 23.8 Å². The van der Waals surface area contributed by atoms with E-state index in [1.165, 1.54) is 53.2 Å². The summed E-state index contributed by atoms with van der Waals surface area (Å²) >= 11 is 0. The van der Waals surface area contributed by atoms with Crippen LogP contribution in [0.5, 0.6) is 11.5 Å². The number of ether oxygens (including phenoxy) is 4. The number of nitrogens with zero attached hydrogens (tertiary/aromatic N) is 1. The molecule has 4 aliphatic rings. The molecule has 14 nitrogen and oxygen atoms in total. The fourth-order valence-corrected chi connectivity index (χ4v) is 7.96. The molecule has 14 heteroatoms. The number of benzene rings is 3. The number of aromatic hydroxyl groups is 1. The Morgan fingerprint density at radius 2 is 1.67 bits per heavy atom. The van der Waals surface area contributed by atoms with E-state index < -0.39 is 82.7 Å². The average molecular weight is 799 g/mol. The summed E-state index contributed by atoms with van der Waals surface area (Å²) in [7, 11) is 1.45. The maximum atomic E-state index is 14.6. The molecule has 0 fully saturated rings. The van der Waals surface area contributed by atoms with Gasteiger partial charge in [-0.3, -0.25) is 19.2 Å². The number of aryl methyl sites for hydroxylation is 1. The molecule has 1 aliphatic carbocycles. The van der Waals surface area contributed by atoms with Gasteiger partial charge in [-0.25, -0.2) is 4.98 Å². The lowest BCUT2D eigenvalue weighted by molar-refractivity contribution is -0.160. The van der Waals surface area contributed by atoms with E-state index in [0.717, 1.165) is 5.56 Å². The van der Waals surface area contributed by atoms with E-state index in [1.807, 2.05) is 13.0 Å². The summed E-state index contributed by atoms with van der Waals surface area (Å²) in [5.41, 5.74) is 0.517. The van der Waals surface area contributed by atoms with Gasteiger partial charge in [0.1, 0.15) is 34.5 Å². The number of hydrogen-bond donors (Lipinski definition) is 4. The second-order valence-corrected chi connectivity index (χ2v) is 15.6. The Hall–Kier alpha value is -5.57. The summed E-state index contributed by atoms with van der Waals surface area (Å²) in [6.07, 6.45) is 3.66. The van der Waals surface area contributed by atoms with Gasteiger partial charge in [0.15, 0.2) is 11.3 Å². The third-order valence-electron chi connectivity index (χ3n) is 11.6. The lowest BCUT2D eigenvalue weighted by Crippen LogP contribution is -2.46. The van der Waals surface area contributed by atoms with Crippen molar-refractivity contribution in [3.8, 4) is 23.0 Å². The number of carbonyl (C=O) groups is 3. The molecule has 3 heterocycles. The summed E-state index contributed by atoms with van der Waals surface area (Å²) in [6.45, 7) is 14.4. The lowest BCUT2D eigenvalue weighted by Gasteiger charge is -2.38. The van der Waals surface area contributed by atoms with Gasteiger partial charge in [-0.2, -0.15) is 0 Å². The van der Waals surface area contributed by atoms with Crippen LogP contribution in [0.3, 0.4) is 0 Å². The number of rotatable bonds is 2. The SMILES string of the molecule is COC1C=COC2(C)Oc3c(C)c(O)c4c(=O)c(c5oc6cccc(C)c6nc-5c4c3C2=O)NC(=O)C(C)=CC=CC(C)C(O)C(C)C(O)C(C)C(OC(C)=O)C1C. The lowest BCUT2D eigenvalue weighted by atomic mass is 9.78. The number of fused-ring (bicyclic) bond motifs is 2. The molecule has 2 aromatic rings. The number of hydrogen-bond acceptors (Lipinski definition) is 13. The van der Waals surface area contributed by atoms with Gasteiger partial charge < -0.3 is 44.0 Å². The number of ketones is 1. The van der Waals surface area contributed by atoms with Crippen LogP contribution in [0.15, 0.2) is 63.6 Å². The van der Waals surface area contributed by atoms with Crippen molar-refractivity contribution in [1.29, 1.82) is 0 Å². The number of phenols is 1. The van der Waals surface area contributed by atoms with E-state index in [0.29, 0.717) is 11.1 Å². The number of aromatic nitrogens is 1. The zero-order valence-electron chi connectivity index (χ0n) is 34.2. The van der Waals surface area contributed by atoms with Crippen molar-refractivity contribution in [2.75, 3.05) is 12.4 Å². The Labute approximate surface area is 335 Å². The van der Waals surface area contributed by atoms with Gasteiger partial charge in [-0.15, -0.1) is 0 Å². The highest BCUT2D eigenvalue weighted by atomic mass is 16.7. The first-order chi connectivity index (χ1) is 27.3. The quantitative estimate of drug-likeness (QED) is 0.101. The van der Waals surface area contributed by atoms with E-state index in [2.05, 4.69) is 5.32 Å². The fourth-order valence-electron chi connectivity index (χ4n) is 7.96. The molecular weight excluding hydrogens is 748 g/mol. The number of allylic oxidation sites excluding steroid dienone is 2. The molecule has 6 rings (SSSR count). The second-order valence-electron chi connectivity index (χ2n) is 15.6. The van der Waals surface area contributed by atoms with Gasteiger partial charge in [0.2, 0.25) is 5.43 Å². The Bertz CT molecular complexity index is 2430. The van der Waals surface area contributed by atoms with E-state index in [1.54, 1.807) is 52.0 Å². The molecule has 2 aromatic carbocycles. The first-order valence-electron chi connectivity index (χ1n) is 19.2. The van der Waals surface area contributed by atoms with E-state index >= 15 is 0 Å². The number of methoxy groups -OCH3 is 1. The van der Waals surface area contributed by atoms with Gasteiger partial charge >= 0.3 is 11.8 Å². The summed E-state index contributed by atoms with van der Waals surface area (Å²) in [5, 5.41) is 36.9. The van der Waals surface area contributed by atoms with Crippen molar-refractivity contribution in [1.82, 2.24) is 4.98 Å². The molecule has 0 saturated heterocycles. The number of aliphatic hydroxyl groups excluding tert-OH is 2. The molecule has 4 N–H and O–H groups in total. The van der Waals surface area contributed by atoms with Crippen molar-refractivity contribution in [3.63, 3.8) is 0 Å². The predicted molar refractivity (Wildman–Crippen MR) is 216 cm³/mol. The van der Waals surface area contributed by atoms with Crippen molar-refractivity contribution in [2.24, 2.45) is 23.7 Å². The molecule has 1 amide bonds. The number of aliphatic hydroxyl groups is 2. The Balaban J connectivity index is 1.59. The van der Waals surface area contributed by atoms with Gasteiger partial charge in [-0.05, 0) is 38.5 Å². The van der Waals surface area contributed by atoms with Crippen molar-refractivity contribution >= 4 is 45.2 Å². The number of nitrogens with one attached hydrogen (secondary N) is 1. The number of para-hydroxylation sites is 1. The van der Waals surface area contributed by atoms with Crippen LogP contribution in [-0.4, -0.2) is 75.3 Å². The van der Waals surface area contributed by atoms with Gasteiger partial charge in [0, 0.05) is 61.2 Å². The van der Waals surface area contributed by atoms with Crippen LogP contribution in [0.2, 0.25) is 0 Å². The van der Waals surface area contributed by atoms with Crippen molar-refractivity contribution < 1.29 is 53.1 Å². The fraction of sp³-hybridized carbons (Fsp3) is 0.432. The average Bonchev–Trinajstić information content (AvgIpc) is 3.45. The number of amides is 1. The minimum absolute atomic E-state index is 0.0176. The van der Waals surface area contributed by atoms with E-state index in [-0.39, 0.29) is 50.4 Å². The van der Waals surface area contributed by atoms with E-state index in [9.17, 15) is 34.5 Å². The molecule has 4 bridgehead atoms. The van der Waals surface area contributed by atoms with Crippen LogP contribution in [0, 0.1) is 37.5 Å². The molecule has 0 spiro atoms. The first-order valence-corrected chi connectivity index (χ1v) is 19.2. The largest absolute Gasteiger partial charge is 0.507 e. The molecule has 0 radical (unpaired) electrons. The van der Waals surface area contributed by atoms with Gasteiger partial charge in [0.25, 0.3) is 11.7 Å². The monoisotopic (exact) mass is 798 g/mol. The van der Waals surface area contributed by atoms with Crippen molar-refractivity contribution in [3.05, 3.63) is 81.3 Å². The molecule has 3 aliphatic heterocycles. The summed E-state index contributed by atoms with van der Waals surface area (Å²) in [5.74, 6) is -7.06. The Kier molecular flexibility index (Phi) is 11.6. The first kappa shape index (κ1) is 42.0. The highest BCUT2D eigenvalue weighted by molar-refractivity contribution is 6.22. The maximum absolute atomic E-state index is 14.6. The highest BCUT2D eigenvalue weighted by Gasteiger charge is 2.50. The number of phenolic OH excluding ortho intramolecular Hbond substituents is 1. The normalized spacial score (nSPS) is 28.4. The number of carbonyl (C=O) groups excluding carboxylic acids is 3. The molecule has 0 saturated carbocycles. The molecule has 58 heavy (non-hydrogen) atoms. The topological polar surface area (TPSA) is 204 Å². The zero-order valence-corrected chi connectivity index (χ0v) is 34.2. The van der Waals surface area contributed by atoms with Crippen LogP contribution in [0.1, 0.15) is 70.0 Å². The molecule has 9 unspecified atom stereocenters. The van der Waals surface area contributed by atoms with Gasteiger partial charge in [-0.1, -0.05) is 58.1 Å². The van der Waals surface area contributed by atoms with E-state index in [4.69, 9.17) is 28.3 Å². The third kappa shape index (κ3) is 7.24. The molecular formula is C44H50N2O12. The predicted octanol–water partition coefficient (Wildman–Crippen LogP) is 6.26. The van der Waals surface area contributed by atoms with Crippen LogP contribution in [0.25, 0.3) is 33.3 Å². The van der Waals surface area contributed by atoms with Crippen LogP contribution < -0.4 is 15.5 Å². The summed E-state index contributed by atoms with van der Waals surface area (Å²) in [4.78, 5) is 60.1. The Morgan fingerprint density at radius 1 is 0.966 bits per heavy atom. The zero-order chi connectivity index (χ0) is 42.5. The molecule has 9 atom stereocenters. The van der Waals surface area contributed by atoms with Crippen LogP contribution in [0.4, 0.5) is 5.69 Å². The highest BCUT2D eigenvalue weighted by Crippen LogP contribution is 2.50. The number of Topliss-reactive ketones (excluding diaryl/α,β-unsaturated/α-hetero) is 1. The van der Waals surface area contributed by atoms with Gasteiger partial charge in [0.05, 0.1) is 35.5 Å². The molecule has 0 aromatic heterocycles. The summed E-state index contributed by atoms with van der Waals surface area (Å²) in [6, 6.07) is 5.22. The number of esters is 1. The summed E-state index contributed by atoms with van der Waals surface area (Å²) < 4.78 is 30.1. The maximum Gasteiger partial charge on any atom is 0.312 e. The Morgan fingerprint density at radius 3 is 2.34 bits per heavy atom. The smallest absolute Gasteiger partial charge is 0.312 e. The molecule has 308 valence electrons. The standard InChI is InChI=1S/C44H50N2O12/c1-19-13-12-16-28-32(19)45-33-29-30-37(50)25(7)40-31(29)42(52)44(9,58-40)55-18-17-27(54-10)22(4)39(56-26(8)47)24(6)36(49)23(5)35(48)20(2)14-11-15-21(3)43(53)46-34(38(30)51)41(33)57-28/h11-18,20,22-24,27,35-36,39,48-50H,1-10H3,(H,46,53). The van der Waals surface area contributed by atoms with Crippen molar-refractivity contribution in [2.45, 2.75) is 92.5 Å². The second kappa shape index (κ2) is 16.0. The minimum Gasteiger partial charge on any atom is -0.507 e. The number of anilines is 1.